The van der Waals surface area contributed by atoms with Crippen molar-refractivity contribution in [1.29, 1.82) is 5.26 Å². The second kappa shape index (κ2) is 6.29. The molecule has 2 N–H and O–H groups in total. The van der Waals surface area contributed by atoms with Gasteiger partial charge in [-0.3, -0.25) is 0 Å². The molecule has 0 spiro atoms. The van der Waals surface area contributed by atoms with Crippen molar-refractivity contribution in [1.82, 2.24) is 0 Å². The number of hydrogen-bond donors (Lipinski definition) is 1. The summed E-state index contributed by atoms with van der Waals surface area (Å²) in [5, 5.41) is 8.76. The van der Waals surface area contributed by atoms with Gasteiger partial charge in [0.25, 0.3) is 0 Å². The third kappa shape index (κ3) is 3.02. The minimum absolute atomic E-state index is 0.323. The summed E-state index contributed by atoms with van der Waals surface area (Å²) < 4.78 is 5.01. The summed E-state index contributed by atoms with van der Waals surface area (Å²) in [5.74, 6) is -0.400. The molecule has 0 unspecified atom stereocenters. The lowest BCUT2D eigenvalue weighted by Crippen LogP contribution is -2.28. The molecule has 5 heteroatoms. The molecule has 106 valence electrons. The molecule has 5 nitrogen and oxygen atoms in total. The van der Waals surface area contributed by atoms with E-state index in [0.717, 1.165) is 18.5 Å². The molecular formula is C15H19N3O2. The smallest absolute Gasteiger partial charge is 0.340 e. The Balaban J connectivity index is 2.28. The van der Waals surface area contributed by atoms with Gasteiger partial charge in [-0.1, -0.05) is 6.07 Å². The quantitative estimate of drug-likeness (QED) is 0.635. The fourth-order valence-electron chi connectivity index (χ4n) is 2.25. The van der Waals surface area contributed by atoms with E-state index >= 15 is 0 Å². The summed E-state index contributed by atoms with van der Waals surface area (Å²) in [7, 11) is 0. The Kier molecular flexibility index (Phi) is 4.46. The van der Waals surface area contributed by atoms with Gasteiger partial charge in [0.05, 0.1) is 36.0 Å². The van der Waals surface area contributed by atoms with Gasteiger partial charge >= 0.3 is 5.97 Å². The molecule has 0 aromatic heterocycles. The van der Waals surface area contributed by atoms with Gasteiger partial charge in [-0.15, -0.1) is 0 Å². The van der Waals surface area contributed by atoms with Crippen LogP contribution in [0.5, 0.6) is 0 Å². The zero-order valence-electron chi connectivity index (χ0n) is 11.6. The van der Waals surface area contributed by atoms with Crippen LogP contribution in [0.25, 0.3) is 0 Å². The highest BCUT2D eigenvalue weighted by molar-refractivity contribution is 5.98. The number of ether oxygens (including phenoxy) is 1. The molecule has 0 saturated heterocycles. The molecule has 2 rings (SSSR count). The van der Waals surface area contributed by atoms with E-state index in [4.69, 9.17) is 15.7 Å². The fraction of sp³-hybridized carbons (Fsp3) is 0.467. The third-order valence-electron chi connectivity index (χ3n) is 3.34. The lowest BCUT2D eigenvalue weighted by Gasteiger charge is -2.25. The summed E-state index contributed by atoms with van der Waals surface area (Å²) in [4.78, 5) is 14.0. The molecule has 0 radical (unpaired) electrons. The summed E-state index contributed by atoms with van der Waals surface area (Å²) in [5.41, 5.74) is 7.79. The average Bonchev–Trinajstić information content (AvgIpc) is 3.25. The molecule has 20 heavy (non-hydrogen) atoms. The van der Waals surface area contributed by atoms with Crippen molar-refractivity contribution in [3.05, 3.63) is 23.8 Å². The molecule has 1 aromatic rings. The second-order valence-electron chi connectivity index (χ2n) is 4.79. The van der Waals surface area contributed by atoms with E-state index < -0.39 is 5.97 Å². The average molecular weight is 273 g/mol. The number of para-hydroxylation sites is 1. The molecule has 0 amide bonds. The number of anilines is 2. The van der Waals surface area contributed by atoms with Crippen molar-refractivity contribution in [3.63, 3.8) is 0 Å². The normalized spacial score (nSPS) is 13.6. The van der Waals surface area contributed by atoms with Gasteiger partial charge in [-0.25, -0.2) is 4.79 Å². The predicted molar refractivity (Wildman–Crippen MR) is 77.4 cm³/mol. The van der Waals surface area contributed by atoms with Crippen LogP contribution in [0.3, 0.4) is 0 Å². The van der Waals surface area contributed by atoms with E-state index in [2.05, 4.69) is 11.0 Å². The van der Waals surface area contributed by atoms with Gasteiger partial charge in [0.1, 0.15) is 0 Å². The first kappa shape index (κ1) is 14.2. The first-order chi connectivity index (χ1) is 9.69. The highest BCUT2D eigenvalue weighted by Crippen LogP contribution is 2.36. The van der Waals surface area contributed by atoms with Crippen molar-refractivity contribution in [2.24, 2.45) is 0 Å². The van der Waals surface area contributed by atoms with Crippen LogP contribution in [0.1, 0.15) is 36.5 Å². The third-order valence-corrected chi connectivity index (χ3v) is 3.34. The number of benzene rings is 1. The SMILES string of the molecule is CCOC(=O)c1cccc(N(CCC#N)C2CC2)c1N. The number of nitrogens with two attached hydrogens (primary N) is 1. The van der Waals surface area contributed by atoms with Crippen LogP contribution < -0.4 is 10.6 Å². The molecule has 1 fully saturated rings. The lowest BCUT2D eigenvalue weighted by molar-refractivity contribution is 0.0527. The second-order valence-corrected chi connectivity index (χ2v) is 4.79. The summed E-state index contributed by atoms with van der Waals surface area (Å²) in [6.07, 6.45) is 2.66. The molecule has 1 aliphatic carbocycles. The number of nitrogens with zero attached hydrogens (tertiary/aromatic N) is 2. The topological polar surface area (TPSA) is 79.3 Å². The molecule has 1 aliphatic rings. The maximum atomic E-state index is 11.9. The van der Waals surface area contributed by atoms with Gasteiger partial charge in [-0.2, -0.15) is 5.26 Å². The first-order valence-corrected chi connectivity index (χ1v) is 6.88. The Morgan fingerprint density at radius 3 is 2.90 bits per heavy atom. The van der Waals surface area contributed by atoms with E-state index in [1.54, 1.807) is 19.1 Å². The molecule has 0 atom stereocenters. The van der Waals surface area contributed by atoms with Crippen LogP contribution in [0.15, 0.2) is 18.2 Å². The Labute approximate surface area is 118 Å². The van der Waals surface area contributed by atoms with Crippen molar-refractivity contribution in [3.8, 4) is 6.07 Å². The van der Waals surface area contributed by atoms with Gasteiger partial charge in [-0.05, 0) is 31.9 Å². The molecular weight excluding hydrogens is 254 g/mol. The molecule has 1 saturated carbocycles. The van der Waals surface area contributed by atoms with Gasteiger partial charge in [0.15, 0.2) is 0 Å². The number of hydrogen-bond acceptors (Lipinski definition) is 5. The number of nitrogen functional groups attached to an aromatic ring is 1. The number of carbonyl (C=O) groups is 1. The van der Waals surface area contributed by atoms with E-state index in [1.165, 1.54) is 0 Å². The van der Waals surface area contributed by atoms with Crippen LogP contribution in [-0.4, -0.2) is 25.2 Å². The van der Waals surface area contributed by atoms with E-state index in [1.807, 2.05) is 6.07 Å². The first-order valence-electron chi connectivity index (χ1n) is 6.88. The van der Waals surface area contributed by atoms with Crippen molar-refractivity contribution < 1.29 is 9.53 Å². The Morgan fingerprint density at radius 1 is 1.55 bits per heavy atom. The highest BCUT2D eigenvalue weighted by Gasteiger charge is 2.30. The largest absolute Gasteiger partial charge is 0.462 e. The van der Waals surface area contributed by atoms with Crippen molar-refractivity contribution in [2.75, 3.05) is 23.8 Å². The predicted octanol–water partition coefficient (Wildman–Crippen LogP) is 2.33. The maximum Gasteiger partial charge on any atom is 0.340 e. The molecule has 0 aliphatic heterocycles. The Bertz CT molecular complexity index is 532. The van der Waals surface area contributed by atoms with Gasteiger partial charge in [0, 0.05) is 12.6 Å². The van der Waals surface area contributed by atoms with Crippen LogP contribution in [0.4, 0.5) is 11.4 Å². The maximum absolute atomic E-state index is 11.9. The van der Waals surface area contributed by atoms with Crippen LogP contribution in [-0.2, 0) is 4.74 Å². The molecule has 0 heterocycles. The Morgan fingerprint density at radius 2 is 2.30 bits per heavy atom. The van der Waals surface area contributed by atoms with Gasteiger partial charge in [0.2, 0.25) is 0 Å². The van der Waals surface area contributed by atoms with E-state index in [-0.39, 0.29) is 0 Å². The monoisotopic (exact) mass is 273 g/mol. The summed E-state index contributed by atoms with van der Waals surface area (Å²) in [6, 6.07) is 7.96. The summed E-state index contributed by atoms with van der Waals surface area (Å²) >= 11 is 0. The van der Waals surface area contributed by atoms with Crippen LogP contribution >= 0.6 is 0 Å². The standard InChI is InChI=1S/C15H19N3O2/c1-2-20-15(19)12-5-3-6-13(14(12)17)18(10-4-9-16)11-7-8-11/h3,5-6,11H,2,4,7-8,10,17H2,1H3. The number of nitriles is 1. The minimum Gasteiger partial charge on any atom is -0.462 e. The fourth-order valence-corrected chi connectivity index (χ4v) is 2.25. The van der Waals surface area contributed by atoms with Crippen LogP contribution in [0, 0.1) is 11.3 Å². The van der Waals surface area contributed by atoms with Gasteiger partial charge < -0.3 is 15.4 Å². The van der Waals surface area contributed by atoms with Crippen molar-refractivity contribution >= 4 is 17.3 Å². The minimum atomic E-state index is -0.400. The number of rotatable bonds is 6. The zero-order valence-corrected chi connectivity index (χ0v) is 11.6. The highest BCUT2D eigenvalue weighted by atomic mass is 16.5. The zero-order chi connectivity index (χ0) is 14.5. The van der Waals surface area contributed by atoms with Crippen molar-refractivity contribution in [2.45, 2.75) is 32.2 Å². The number of carbonyl (C=O) groups excluding carboxylic acids is 1. The van der Waals surface area contributed by atoms with Crippen LogP contribution in [0.2, 0.25) is 0 Å². The van der Waals surface area contributed by atoms with E-state index in [0.29, 0.717) is 36.9 Å². The molecule has 0 bridgehead atoms. The van der Waals surface area contributed by atoms with E-state index in [9.17, 15) is 4.79 Å². The lowest BCUT2D eigenvalue weighted by atomic mass is 10.1. The molecule has 1 aromatic carbocycles. The summed E-state index contributed by atoms with van der Waals surface area (Å²) in [6.45, 7) is 2.72. The number of esters is 1. The Hall–Kier alpha value is -2.22.